The number of anilines is 1. The zero-order valence-corrected chi connectivity index (χ0v) is 14.5. The van der Waals surface area contributed by atoms with Crippen LogP contribution in [0, 0.1) is 13.7 Å². The Balaban J connectivity index is 2.36. The van der Waals surface area contributed by atoms with Gasteiger partial charge in [0.05, 0.1) is 30.4 Å². The molecule has 23 heavy (non-hydrogen) atoms. The van der Waals surface area contributed by atoms with Crippen LogP contribution in [0.4, 0.5) is 11.4 Å². The Morgan fingerprint density at radius 1 is 1.17 bits per heavy atom. The predicted octanol–water partition coefficient (Wildman–Crippen LogP) is 3.47. The van der Waals surface area contributed by atoms with E-state index in [0.29, 0.717) is 20.8 Å². The first-order chi connectivity index (χ1) is 11.0. The van der Waals surface area contributed by atoms with E-state index in [1.807, 2.05) is 22.6 Å². The first kappa shape index (κ1) is 17.0. The number of non-ortho nitro benzene ring substituents is 1. The average Bonchev–Trinajstić information content (AvgIpc) is 2.54. The average molecular weight is 428 g/mol. The number of rotatable bonds is 5. The van der Waals surface area contributed by atoms with Gasteiger partial charge in [0.1, 0.15) is 11.5 Å². The second kappa shape index (κ2) is 7.27. The minimum Gasteiger partial charge on any atom is -0.497 e. The molecule has 2 rings (SSSR count). The van der Waals surface area contributed by atoms with Crippen LogP contribution in [0.15, 0.2) is 36.4 Å². The van der Waals surface area contributed by atoms with E-state index in [1.165, 1.54) is 32.4 Å². The van der Waals surface area contributed by atoms with Gasteiger partial charge in [0.25, 0.3) is 11.6 Å². The molecule has 0 saturated carbocycles. The number of hydrogen-bond acceptors (Lipinski definition) is 5. The molecule has 2 aromatic carbocycles. The standard InChI is InChI=1S/C15H13IN2O5/c1-22-10-4-6-14(23-2)13(8-10)17-15(19)11-7-9(18(20)21)3-5-12(11)16/h3-8H,1-2H3,(H,17,19). The van der Waals surface area contributed by atoms with E-state index in [2.05, 4.69) is 5.32 Å². The Labute approximate surface area is 145 Å². The number of hydrogen-bond donors (Lipinski definition) is 1. The Bertz CT molecular complexity index is 764. The molecule has 0 heterocycles. The molecule has 0 aliphatic carbocycles. The lowest BCUT2D eigenvalue weighted by molar-refractivity contribution is -0.384. The predicted molar refractivity (Wildman–Crippen MR) is 93.3 cm³/mol. The van der Waals surface area contributed by atoms with Gasteiger partial charge in [0.15, 0.2) is 0 Å². The summed E-state index contributed by atoms with van der Waals surface area (Å²) in [6, 6.07) is 9.09. The van der Waals surface area contributed by atoms with Gasteiger partial charge in [0, 0.05) is 21.8 Å². The van der Waals surface area contributed by atoms with Crippen LogP contribution in [0.25, 0.3) is 0 Å². The fourth-order valence-corrected chi connectivity index (χ4v) is 2.48. The van der Waals surface area contributed by atoms with Crippen molar-refractivity contribution < 1.29 is 19.2 Å². The molecule has 1 N–H and O–H groups in total. The zero-order valence-electron chi connectivity index (χ0n) is 12.3. The Morgan fingerprint density at radius 3 is 2.52 bits per heavy atom. The van der Waals surface area contributed by atoms with Crippen molar-refractivity contribution in [3.05, 3.63) is 55.6 Å². The number of halogens is 1. The van der Waals surface area contributed by atoms with Gasteiger partial charge in [-0.2, -0.15) is 0 Å². The molecule has 1 amide bonds. The van der Waals surface area contributed by atoms with Crippen molar-refractivity contribution in [1.82, 2.24) is 0 Å². The highest BCUT2D eigenvalue weighted by atomic mass is 127. The number of nitrogens with zero attached hydrogens (tertiary/aromatic N) is 1. The Morgan fingerprint density at radius 2 is 1.91 bits per heavy atom. The van der Waals surface area contributed by atoms with Gasteiger partial charge in [-0.05, 0) is 40.8 Å². The molecule has 2 aromatic rings. The number of nitro benzene ring substituents is 1. The molecule has 0 spiro atoms. The normalized spacial score (nSPS) is 10.0. The minimum atomic E-state index is -0.543. The van der Waals surface area contributed by atoms with Gasteiger partial charge in [-0.3, -0.25) is 14.9 Å². The van der Waals surface area contributed by atoms with E-state index in [4.69, 9.17) is 9.47 Å². The summed E-state index contributed by atoms with van der Waals surface area (Å²) in [5.74, 6) is 0.541. The summed E-state index contributed by atoms with van der Waals surface area (Å²) < 4.78 is 10.9. The number of carbonyl (C=O) groups is 1. The first-order valence-corrected chi connectivity index (χ1v) is 7.51. The SMILES string of the molecule is COc1ccc(OC)c(NC(=O)c2cc([N+](=O)[O-])ccc2I)c1. The molecule has 7 nitrogen and oxygen atoms in total. The third-order valence-electron chi connectivity index (χ3n) is 3.06. The van der Waals surface area contributed by atoms with Gasteiger partial charge in [-0.25, -0.2) is 0 Å². The fourth-order valence-electron chi connectivity index (χ4n) is 1.90. The number of carbonyl (C=O) groups excluding carboxylic acids is 1. The highest BCUT2D eigenvalue weighted by molar-refractivity contribution is 14.1. The number of nitro groups is 1. The van der Waals surface area contributed by atoms with Crippen LogP contribution < -0.4 is 14.8 Å². The van der Waals surface area contributed by atoms with Crippen LogP contribution in [0.1, 0.15) is 10.4 Å². The molecule has 8 heteroatoms. The van der Waals surface area contributed by atoms with Crippen LogP contribution in [-0.4, -0.2) is 25.1 Å². The third-order valence-corrected chi connectivity index (χ3v) is 4.00. The van der Waals surface area contributed by atoms with E-state index in [1.54, 1.807) is 18.2 Å². The molecule has 0 aliphatic rings. The summed E-state index contributed by atoms with van der Waals surface area (Å²) in [5, 5.41) is 13.6. The fraction of sp³-hybridized carbons (Fsp3) is 0.133. The van der Waals surface area contributed by atoms with E-state index >= 15 is 0 Å². The zero-order chi connectivity index (χ0) is 17.0. The quantitative estimate of drug-likeness (QED) is 0.448. The maximum Gasteiger partial charge on any atom is 0.270 e. The number of amides is 1. The van der Waals surface area contributed by atoms with E-state index in [-0.39, 0.29) is 11.3 Å². The second-order valence-corrected chi connectivity index (χ2v) is 5.60. The van der Waals surface area contributed by atoms with Crippen molar-refractivity contribution in [1.29, 1.82) is 0 Å². The van der Waals surface area contributed by atoms with E-state index in [0.717, 1.165) is 0 Å². The van der Waals surface area contributed by atoms with Crippen LogP contribution in [0.5, 0.6) is 11.5 Å². The molecule has 0 aromatic heterocycles. The molecule has 120 valence electrons. The van der Waals surface area contributed by atoms with Crippen LogP contribution >= 0.6 is 22.6 Å². The minimum absolute atomic E-state index is 0.145. The van der Waals surface area contributed by atoms with Crippen molar-refractivity contribution in [2.24, 2.45) is 0 Å². The number of ether oxygens (including phenoxy) is 2. The van der Waals surface area contributed by atoms with Crippen molar-refractivity contribution in [3.8, 4) is 11.5 Å². The summed E-state index contributed by atoms with van der Waals surface area (Å²) in [6.45, 7) is 0. The summed E-state index contributed by atoms with van der Waals surface area (Å²) in [4.78, 5) is 22.8. The highest BCUT2D eigenvalue weighted by Gasteiger charge is 2.17. The van der Waals surface area contributed by atoms with Gasteiger partial charge in [-0.1, -0.05) is 0 Å². The number of methoxy groups -OCH3 is 2. The van der Waals surface area contributed by atoms with Crippen molar-refractivity contribution >= 4 is 39.9 Å². The van der Waals surface area contributed by atoms with Gasteiger partial charge in [0.2, 0.25) is 0 Å². The lowest BCUT2D eigenvalue weighted by Crippen LogP contribution is -2.14. The molecule has 0 radical (unpaired) electrons. The lowest BCUT2D eigenvalue weighted by atomic mass is 10.2. The third kappa shape index (κ3) is 3.89. The summed E-state index contributed by atoms with van der Waals surface area (Å²) in [6.07, 6.45) is 0. The van der Waals surface area contributed by atoms with Gasteiger partial charge < -0.3 is 14.8 Å². The molecule has 0 saturated heterocycles. The monoisotopic (exact) mass is 428 g/mol. The lowest BCUT2D eigenvalue weighted by Gasteiger charge is -2.12. The van der Waals surface area contributed by atoms with E-state index < -0.39 is 10.8 Å². The van der Waals surface area contributed by atoms with Crippen LogP contribution in [-0.2, 0) is 0 Å². The number of nitrogens with one attached hydrogen (secondary N) is 1. The van der Waals surface area contributed by atoms with Crippen molar-refractivity contribution in [2.45, 2.75) is 0 Å². The molecule has 0 atom stereocenters. The molecular formula is C15H13IN2O5. The molecule has 0 aliphatic heterocycles. The Kier molecular flexibility index (Phi) is 5.37. The molecule has 0 fully saturated rings. The van der Waals surface area contributed by atoms with Gasteiger partial charge >= 0.3 is 0 Å². The summed E-state index contributed by atoms with van der Waals surface area (Å²) >= 11 is 1.95. The summed E-state index contributed by atoms with van der Waals surface area (Å²) in [7, 11) is 2.99. The number of benzene rings is 2. The maximum absolute atomic E-state index is 12.4. The van der Waals surface area contributed by atoms with E-state index in [9.17, 15) is 14.9 Å². The first-order valence-electron chi connectivity index (χ1n) is 6.43. The van der Waals surface area contributed by atoms with Crippen LogP contribution in [0.3, 0.4) is 0 Å². The molecule has 0 unspecified atom stereocenters. The molecular weight excluding hydrogens is 415 g/mol. The Hall–Kier alpha value is -2.36. The van der Waals surface area contributed by atoms with Crippen molar-refractivity contribution in [3.63, 3.8) is 0 Å². The smallest absolute Gasteiger partial charge is 0.270 e. The molecule has 0 bridgehead atoms. The largest absolute Gasteiger partial charge is 0.497 e. The summed E-state index contributed by atoms with van der Waals surface area (Å²) in [5.41, 5.74) is 0.483. The van der Waals surface area contributed by atoms with Gasteiger partial charge in [-0.15, -0.1) is 0 Å². The maximum atomic E-state index is 12.4. The van der Waals surface area contributed by atoms with Crippen molar-refractivity contribution in [2.75, 3.05) is 19.5 Å². The highest BCUT2D eigenvalue weighted by Crippen LogP contribution is 2.30. The van der Waals surface area contributed by atoms with Crippen LogP contribution in [0.2, 0.25) is 0 Å². The topological polar surface area (TPSA) is 90.7 Å². The second-order valence-electron chi connectivity index (χ2n) is 4.44.